The minimum Gasteiger partial charge on any atom is -0.384 e. The minimum atomic E-state index is 0.0898. The van der Waals surface area contributed by atoms with E-state index in [-0.39, 0.29) is 11.4 Å². The molecule has 0 saturated carbocycles. The molecule has 1 aromatic rings. The maximum atomic E-state index is 7.48. The van der Waals surface area contributed by atoms with Crippen LogP contribution in [0.3, 0.4) is 0 Å². The third kappa shape index (κ3) is 2.46. The van der Waals surface area contributed by atoms with E-state index >= 15 is 0 Å². The fraction of sp³-hybridized carbons (Fsp3) is 0.538. The number of rotatable bonds is 2. The maximum Gasteiger partial charge on any atom is 0.129 e. The van der Waals surface area contributed by atoms with Gasteiger partial charge >= 0.3 is 0 Å². The van der Waals surface area contributed by atoms with Crippen LogP contribution in [0.4, 0.5) is 5.82 Å². The molecule has 2 rings (SSSR count). The molecule has 5 heteroatoms. The van der Waals surface area contributed by atoms with Crippen molar-refractivity contribution in [3.63, 3.8) is 0 Å². The summed E-state index contributed by atoms with van der Waals surface area (Å²) in [6.07, 6.45) is 1.72. The second-order valence-corrected chi connectivity index (χ2v) is 5.47. The van der Waals surface area contributed by atoms with Crippen molar-refractivity contribution in [2.75, 3.05) is 31.6 Å². The first-order chi connectivity index (χ1) is 8.40. The van der Waals surface area contributed by atoms with Crippen molar-refractivity contribution in [3.8, 4) is 0 Å². The molecule has 0 aliphatic carbocycles. The Labute approximate surface area is 108 Å². The standard InChI is InChI=1S/C13H21N5/c1-13(2)9-18(7-6-17(13)3)11-8-10(12(14)15)4-5-16-11/h4-5,8H,6-7,9H2,1-3H3,(H3,14,15). The fourth-order valence-electron chi connectivity index (χ4n) is 2.19. The molecule has 1 aliphatic heterocycles. The van der Waals surface area contributed by atoms with Crippen molar-refractivity contribution in [1.29, 1.82) is 5.41 Å². The highest BCUT2D eigenvalue weighted by Crippen LogP contribution is 2.23. The van der Waals surface area contributed by atoms with E-state index in [1.807, 2.05) is 6.07 Å². The summed E-state index contributed by atoms with van der Waals surface area (Å²) in [5.41, 5.74) is 6.38. The topological polar surface area (TPSA) is 69.2 Å². The summed E-state index contributed by atoms with van der Waals surface area (Å²) in [6, 6.07) is 3.66. The normalized spacial score (nSPS) is 19.8. The Morgan fingerprint density at radius 1 is 1.44 bits per heavy atom. The monoisotopic (exact) mass is 247 g/mol. The lowest BCUT2D eigenvalue weighted by molar-refractivity contribution is 0.138. The maximum absolute atomic E-state index is 7.48. The zero-order chi connectivity index (χ0) is 13.3. The van der Waals surface area contributed by atoms with Gasteiger partial charge in [0.15, 0.2) is 0 Å². The van der Waals surface area contributed by atoms with Gasteiger partial charge in [0.2, 0.25) is 0 Å². The second kappa shape index (κ2) is 4.57. The molecule has 0 bridgehead atoms. The first-order valence-corrected chi connectivity index (χ1v) is 6.17. The number of nitrogens with zero attached hydrogens (tertiary/aromatic N) is 3. The summed E-state index contributed by atoms with van der Waals surface area (Å²) in [6.45, 7) is 7.35. The Bertz CT molecular complexity index is 454. The van der Waals surface area contributed by atoms with Crippen LogP contribution in [0.5, 0.6) is 0 Å². The van der Waals surface area contributed by atoms with Crippen LogP contribution in [0.1, 0.15) is 19.4 Å². The highest BCUT2D eigenvalue weighted by molar-refractivity contribution is 5.95. The van der Waals surface area contributed by atoms with Gasteiger partial charge in [-0.05, 0) is 33.0 Å². The Morgan fingerprint density at radius 3 is 2.78 bits per heavy atom. The van der Waals surface area contributed by atoms with Crippen LogP contribution in [0.2, 0.25) is 0 Å². The van der Waals surface area contributed by atoms with Crippen molar-refractivity contribution < 1.29 is 0 Å². The van der Waals surface area contributed by atoms with E-state index in [9.17, 15) is 0 Å². The van der Waals surface area contributed by atoms with Crippen LogP contribution in [-0.2, 0) is 0 Å². The van der Waals surface area contributed by atoms with Gasteiger partial charge in [0.1, 0.15) is 11.7 Å². The molecule has 5 nitrogen and oxygen atoms in total. The number of hydrogen-bond acceptors (Lipinski definition) is 4. The number of pyridine rings is 1. The molecule has 18 heavy (non-hydrogen) atoms. The number of aromatic nitrogens is 1. The highest BCUT2D eigenvalue weighted by atomic mass is 15.3. The molecule has 1 aliphatic rings. The largest absolute Gasteiger partial charge is 0.384 e. The van der Waals surface area contributed by atoms with Crippen LogP contribution in [-0.4, -0.2) is 47.9 Å². The molecule has 0 unspecified atom stereocenters. The number of piperazine rings is 1. The SMILES string of the molecule is CN1CCN(c2cc(C(=N)N)ccn2)CC1(C)C. The Hall–Kier alpha value is -1.62. The molecule has 3 N–H and O–H groups in total. The number of amidine groups is 1. The first-order valence-electron chi connectivity index (χ1n) is 6.17. The van der Waals surface area contributed by atoms with Gasteiger partial charge in [-0.3, -0.25) is 10.3 Å². The summed E-state index contributed by atoms with van der Waals surface area (Å²) in [5, 5.41) is 7.48. The van der Waals surface area contributed by atoms with Gasteiger partial charge in [-0.1, -0.05) is 0 Å². The Balaban J connectivity index is 2.22. The average Bonchev–Trinajstić information content (AvgIpc) is 2.33. The molecule has 1 fully saturated rings. The van der Waals surface area contributed by atoms with Gasteiger partial charge < -0.3 is 10.6 Å². The predicted octanol–water partition coefficient (Wildman–Crippen LogP) is 0.896. The molecule has 0 amide bonds. The zero-order valence-corrected chi connectivity index (χ0v) is 11.3. The van der Waals surface area contributed by atoms with E-state index in [2.05, 4.69) is 35.7 Å². The van der Waals surface area contributed by atoms with E-state index in [0.29, 0.717) is 0 Å². The van der Waals surface area contributed by atoms with Crippen LogP contribution < -0.4 is 10.6 Å². The molecule has 0 radical (unpaired) electrons. The summed E-state index contributed by atoms with van der Waals surface area (Å²) >= 11 is 0. The van der Waals surface area contributed by atoms with Crippen molar-refractivity contribution in [2.45, 2.75) is 19.4 Å². The minimum absolute atomic E-state index is 0.0898. The van der Waals surface area contributed by atoms with E-state index in [4.69, 9.17) is 11.1 Å². The second-order valence-electron chi connectivity index (χ2n) is 5.47. The van der Waals surface area contributed by atoms with E-state index in [1.165, 1.54) is 0 Å². The van der Waals surface area contributed by atoms with Crippen LogP contribution in [0.25, 0.3) is 0 Å². The molecule has 0 spiro atoms. The van der Waals surface area contributed by atoms with Crippen LogP contribution in [0.15, 0.2) is 18.3 Å². The number of likely N-dealkylation sites (N-methyl/N-ethyl adjacent to an activating group) is 1. The van der Waals surface area contributed by atoms with Crippen molar-refractivity contribution in [3.05, 3.63) is 23.9 Å². The van der Waals surface area contributed by atoms with Crippen LogP contribution >= 0.6 is 0 Å². The number of nitrogen functional groups attached to an aromatic ring is 1. The highest BCUT2D eigenvalue weighted by Gasteiger charge is 2.31. The number of nitrogens with one attached hydrogen (secondary N) is 1. The van der Waals surface area contributed by atoms with E-state index in [0.717, 1.165) is 31.0 Å². The molecule has 1 saturated heterocycles. The van der Waals surface area contributed by atoms with Gasteiger partial charge in [-0.2, -0.15) is 0 Å². The third-order valence-corrected chi connectivity index (χ3v) is 3.70. The summed E-state index contributed by atoms with van der Waals surface area (Å²) in [5.74, 6) is 0.996. The van der Waals surface area contributed by atoms with Crippen molar-refractivity contribution in [1.82, 2.24) is 9.88 Å². The van der Waals surface area contributed by atoms with E-state index in [1.54, 1.807) is 12.3 Å². The molecule has 0 atom stereocenters. The number of hydrogen-bond donors (Lipinski definition) is 2. The van der Waals surface area contributed by atoms with Gasteiger partial charge in [0.25, 0.3) is 0 Å². The lowest BCUT2D eigenvalue weighted by atomic mass is 9.99. The fourth-order valence-corrected chi connectivity index (χ4v) is 2.19. The Morgan fingerprint density at radius 2 is 2.17 bits per heavy atom. The van der Waals surface area contributed by atoms with Gasteiger partial charge in [0.05, 0.1) is 0 Å². The molecule has 0 aromatic carbocycles. The summed E-state index contributed by atoms with van der Waals surface area (Å²) in [7, 11) is 2.15. The van der Waals surface area contributed by atoms with Crippen LogP contribution in [0, 0.1) is 5.41 Å². The van der Waals surface area contributed by atoms with Gasteiger partial charge in [0, 0.05) is 36.9 Å². The first kappa shape index (κ1) is 12.8. The van der Waals surface area contributed by atoms with Gasteiger partial charge in [-0.25, -0.2) is 4.98 Å². The lowest BCUT2D eigenvalue weighted by Gasteiger charge is -2.45. The lowest BCUT2D eigenvalue weighted by Crippen LogP contribution is -2.57. The number of nitrogens with two attached hydrogens (primary N) is 1. The number of anilines is 1. The quantitative estimate of drug-likeness (QED) is 0.601. The Kier molecular flexibility index (Phi) is 3.26. The molecule has 2 heterocycles. The van der Waals surface area contributed by atoms with Gasteiger partial charge in [-0.15, -0.1) is 0 Å². The van der Waals surface area contributed by atoms with Crippen molar-refractivity contribution >= 4 is 11.7 Å². The molecule has 1 aromatic heterocycles. The summed E-state index contributed by atoms with van der Waals surface area (Å²) in [4.78, 5) is 9.01. The molecular formula is C13H21N5. The average molecular weight is 247 g/mol. The summed E-state index contributed by atoms with van der Waals surface area (Å²) < 4.78 is 0. The van der Waals surface area contributed by atoms with Crippen molar-refractivity contribution in [2.24, 2.45) is 5.73 Å². The zero-order valence-electron chi connectivity index (χ0n) is 11.3. The smallest absolute Gasteiger partial charge is 0.129 e. The molecule has 98 valence electrons. The van der Waals surface area contributed by atoms with E-state index < -0.39 is 0 Å². The molecular weight excluding hydrogens is 226 g/mol. The third-order valence-electron chi connectivity index (χ3n) is 3.70. The predicted molar refractivity (Wildman–Crippen MR) is 74.2 cm³/mol.